The number of likely N-dealkylation sites (N-methyl/N-ethyl adjacent to an activating group) is 1. The first-order chi connectivity index (χ1) is 64.2. The lowest BCUT2D eigenvalue weighted by molar-refractivity contribution is -0.0874. The fraction of sp³-hybridized carbons (Fsp3) is 0.786. The summed E-state index contributed by atoms with van der Waals surface area (Å²) < 4.78 is 78.4. The van der Waals surface area contributed by atoms with Crippen LogP contribution in [0.3, 0.4) is 0 Å². The zero-order valence-electron chi connectivity index (χ0n) is 84.4. The summed E-state index contributed by atoms with van der Waals surface area (Å²) in [6.45, 7) is 48.2. The first-order valence-electron chi connectivity index (χ1n) is 50.3. The lowest BCUT2D eigenvalue weighted by Crippen LogP contribution is -2.44. The molecule has 10 fully saturated rings. The van der Waals surface area contributed by atoms with Gasteiger partial charge in [0, 0.05) is 119 Å². The second-order valence-corrected chi connectivity index (χ2v) is 40.8. The highest BCUT2D eigenvalue weighted by atomic mass is 19.3. The number of aryl methyl sites for hydroxylation is 10. The molecule has 6 saturated carbocycles. The molecule has 36 heteroatoms. The van der Waals surface area contributed by atoms with E-state index in [-0.39, 0.29) is 12.3 Å². The number of nitrogens with zero attached hydrogens (tertiary/aromatic N) is 24. The lowest BCUT2D eigenvalue weighted by Gasteiger charge is -2.32. The van der Waals surface area contributed by atoms with Crippen LogP contribution in [-0.2, 0) is 6.42 Å². The highest BCUT2D eigenvalue weighted by Crippen LogP contribution is 2.46. The van der Waals surface area contributed by atoms with E-state index in [1.54, 1.807) is 13.8 Å². The molecule has 6 aliphatic carbocycles. The lowest BCUT2D eigenvalue weighted by atomic mass is 9.73. The molecule has 744 valence electrons. The Labute approximate surface area is 792 Å². The molecule has 4 saturated heterocycles. The van der Waals surface area contributed by atoms with Gasteiger partial charge in [-0.2, -0.15) is 39.9 Å². The average Bonchev–Trinajstić information content (AvgIpc) is 1.27. The van der Waals surface area contributed by atoms with Gasteiger partial charge in [0.1, 0.15) is 5.76 Å². The minimum atomic E-state index is -2.61. The van der Waals surface area contributed by atoms with Crippen molar-refractivity contribution < 1.29 is 53.9 Å². The molecule has 10 aromatic heterocycles. The van der Waals surface area contributed by atoms with Crippen LogP contribution in [0.15, 0.2) is 51.2 Å². The first kappa shape index (κ1) is 105. The highest BCUT2D eigenvalue weighted by Gasteiger charge is 2.45. The molecule has 0 bridgehead atoms. The van der Waals surface area contributed by atoms with E-state index in [9.17, 15) is 8.78 Å². The van der Waals surface area contributed by atoms with E-state index in [0.717, 1.165) is 210 Å². The van der Waals surface area contributed by atoms with E-state index < -0.39 is 11.8 Å². The average molecular weight is 1870 g/mol. The Bertz CT molecular complexity index is 4520. The summed E-state index contributed by atoms with van der Waals surface area (Å²) >= 11 is 0. The molecule has 10 aromatic rings. The molecule has 10 aliphatic rings. The topological polar surface area (TPSA) is 393 Å². The summed E-state index contributed by atoms with van der Waals surface area (Å²) in [5, 5.41) is 42.3. The van der Waals surface area contributed by atoms with Gasteiger partial charge >= 0.3 is 12.0 Å². The number of likely N-dealkylation sites (tertiary alicyclic amines) is 2. The number of piperazine rings is 1. The van der Waals surface area contributed by atoms with E-state index >= 15 is 0 Å². The molecule has 34 nitrogen and oxygen atoms in total. The Kier molecular flexibility index (Phi) is 41.2. The molecule has 0 spiro atoms. The zero-order valence-corrected chi connectivity index (χ0v) is 84.4. The predicted octanol–water partition coefficient (Wildman–Crippen LogP) is 21.6. The normalized spacial score (nSPS) is 24.8. The van der Waals surface area contributed by atoms with Gasteiger partial charge in [-0.25, -0.2) is 8.78 Å². The second kappa shape index (κ2) is 52.4. The molecule has 20 rings (SSSR count). The van der Waals surface area contributed by atoms with E-state index in [4.69, 9.17) is 45.1 Å². The second-order valence-electron chi connectivity index (χ2n) is 40.8. The van der Waals surface area contributed by atoms with Gasteiger partial charge in [-0.3, -0.25) is 0 Å². The summed E-state index contributed by atoms with van der Waals surface area (Å²) in [4.78, 5) is 45.1. The molecular weight excluding hydrogens is 1710 g/mol. The smallest absolute Gasteiger partial charge is 0.324 e. The van der Waals surface area contributed by atoms with Crippen LogP contribution >= 0.6 is 0 Å². The monoisotopic (exact) mass is 1870 g/mol. The van der Waals surface area contributed by atoms with Gasteiger partial charge in [-0.15, -0.1) is 10.2 Å². The molecule has 4 aliphatic heterocycles. The van der Waals surface area contributed by atoms with Gasteiger partial charge in [0.25, 0.3) is 5.92 Å². The van der Waals surface area contributed by atoms with Crippen molar-refractivity contribution in [3.8, 4) is 0 Å². The van der Waals surface area contributed by atoms with E-state index in [1.165, 1.54) is 148 Å². The largest absolute Gasteiger partial charge is 0.425 e. The van der Waals surface area contributed by atoms with Crippen molar-refractivity contribution in [1.29, 1.82) is 0 Å². The zero-order chi connectivity index (χ0) is 95.9. The quantitative estimate of drug-likeness (QED) is 0.110. The summed E-state index contributed by atoms with van der Waals surface area (Å²) in [5.74, 6) is 17.0. The number of hydrogen-bond donors (Lipinski definition) is 0. The molecule has 0 aromatic carbocycles. The highest BCUT2D eigenvalue weighted by molar-refractivity contribution is 5.26. The van der Waals surface area contributed by atoms with E-state index in [1.807, 2.05) is 62.3 Å². The van der Waals surface area contributed by atoms with Crippen LogP contribution in [0.4, 0.5) is 20.8 Å². The molecule has 0 radical (unpaired) electrons. The van der Waals surface area contributed by atoms with E-state index in [0.29, 0.717) is 95.1 Å². The van der Waals surface area contributed by atoms with Gasteiger partial charge in [0.15, 0.2) is 46.6 Å². The number of piperidine rings is 3. The van der Waals surface area contributed by atoms with Crippen LogP contribution in [0.5, 0.6) is 0 Å². The van der Waals surface area contributed by atoms with Gasteiger partial charge in [-0.05, 0) is 285 Å². The number of hydrogen-bond acceptors (Lipinski definition) is 34. The molecule has 2 atom stereocenters. The molecule has 0 N–H and O–H groups in total. The van der Waals surface area contributed by atoms with Gasteiger partial charge in [-0.1, -0.05) is 140 Å². The van der Waals surface area contributed by atoms with Crippen molar-refractivity contribution in [2.24, 2.45) is 40.9 Å². The van der Waals surface area contributed by atoms with Crippen molar-refractivity contribution in [2.45, 2.75) is 371 Å². The number of halogens is 2. The van der Waals surface area contributed by atoms with Gasteiger partial charge in [0.05, 0.1) is 5.69 Å². The SMILES string of the molecule is CCN1CCC(c2nc(C)no2)CC1.Cc1cc(C2CCC(C)CC2)on1.Cc1nc(C2CCC(C)CC2)no1.Cc1nnc(C2CCC(C)CC2)o1.Cc1noc(C2CCC(C)(C)CC2)n1.Cc1noc(C2CCC(C)C(F)(F)C2)n1.Cc1noc(C2CCN(C)CC2)n1.Cc1noc(CC2CCC(C)CC2)n1.Cc1noc(N2CCCCC2)n1.Cc1noc(N2CCN(C)CC2)n1. The third-order valence-electron chi connectivity index (χ3n) is 28.3. The fourth-order valence-electron chi connectivity index (χ4n) is 19.0. The summed E-state index contributed by atoms with van der Waals surface area (Å²) in [6, 6.07) is 3.43. The summed E-state index contributed by atoms with van der Waals surface area (Å²) in [6.07, 6.45) is 36.0. The molecule has 0 amide bonds. The van der Waals surface area contributed by atoms with Crippen molar-refractivity contribution in [3.63, 3.8) is 0 Å². The fourth-order valence-corrected chi connectivity index (χ4v) is 19.0. The molecule has 2 unspecified atom stereocenters. The van der Waals surface area contributed by atoms with Crippen LogP contribution in [0.2, 0.25) is 0 Å². The van der Waals surface area contributed by atoms with Crippen molar-refractivity contribution in [2.75, 3.05) is 95.9 Å². The number of aromatic nitrogens is 19. The minimum Gasteiger partial charge on any atom is -0.425 e. The number of anilines is 2. The first-order valence-corrected chi connectivity index (χ1v) is 50.3. The number of rotatable bonds is 12. The maximum atomic E-state index is 13.5. The summed E-state index contributed by atoms with van der Waals surface area (Å²) in [5.41, 5.74) is 1.51. The number of alkyl halides is 2. The Morgan fingerprint density at radius 3 is 1.17 bits per heavy atom. The van der Waals surface area contributed by atoms with Crippen LogP contribution in [-0.4, -0.2) is 203 Å². The van der Waals surface area contributed by atoms with E-state index in [2.05, 4.69) is 190 Å². The van der Waals surface area contributed by atoms with Crippen LogP contribution in [0, 0.1) is 110 Å². The maximum Gasteiger partial charge on any atom is 0.324 e. The van der Waals surface area contributed by atoms with Gasteiger partial charge < -0.3 is 69.6 Å². The van der Waals surface area contributed by atoms with Gasteiger partial charge in [0.2, 0.25) is 47.1 Å². The predicted molar refractivity (Wildman–Crippen MR) is 504 cm³/mol. The minimum absolute atomic E-state index is 0.171. The van der Waals surface area contributed by atoms with Crippen LogP contribution < -0.4 is 9.80 Å². The Morgan fingerprint density at radius 2 is 0.761 bits per heavy atom. The Hall–Kier alpha value is -9.19. The molecule has 134 heavy (non-hydrogen) atoms. The third-order valence-corrected chi connectivity index (χ3v) is 28.3. The third kappa shape index (κ3) is 34.8. The maximum absolute atomic E-state index is 13.5. The molecule has 14 heterocycles. The molecular formula is C98H158F2N24O10. The summed E-state index contributed by atoms with van der Waals surface area (Å²) in [7, 11) is 4.27. The van der Waals surface area contributed by atoms with Crippen molar-refractivity contribution >= 4 is 12.0 Å². The Morgan fingerprint density at radius 1 is 0.351 bits per heavy atom. The Balaban J connectivity index is 0.000000143. The van der Waals surface area contributed by atoms with Crippen molar-refractivity contribution in [1.82, 2.24) is 111 Å². The standard InChI is InChI=1S/2C11H18N2O.C11H17NO.C10H14F2N2O.C10H17N3O.2C10H16N2O.C9H15N3O.C8H14N4O.C8H13N3O/c1-8-12-10(14-13-8)9-4-6-11(2,3)7-5-9;1-8-3-5-10(6-4-8)7-11-12-9(2)13-14-11;1-8-3-5-10(6-4-8)11-7-9(2)12-13-11;1-6-3-4-8(5-10(6,11)12)9-13-7(2)14-15-9;1-3-13-6-4-9(5-7-13)10-11-8(2)12-14-10;1-7-3-5-9(6-4-7)10-12-11-8(2)13-10;1-7-3-5-9(6-4-7)10-11-8(2)13-12-10;1-7-10-9(13-11-7)8-3-5-12(2)6-4-8;1-7-9-8(13-10-7)12-5-3-11(2)4-6-12;1-7-9-8(12-10-7)11-5-3-2-4-6-11/h9H,4-7H2,1-3H3;8,10H,3-7H2,1-2H3;7-8,10H,3-6H2,1-2H3;6,8H,3-5H2,1-2H3;9H,3-7H2,1-2H3;2*7,9H,3-6H2,1-2H3;8H,3-6H2,1-2H3;3-6H2,1-2H3;2-6H2,1H3. The van der Waals surface area contributed by atoms with Crippen molar-refractivity contribution in [3.05, 3.63) is 111 Å². The van der Waals surface area contributed by atoms with Crippen LogP contribution in [0.25, 0.3) is 0 Å². The van der Waals surface area contributed by atoms with Crippen LogP contribution in [0.1, 0.15) is 395 Å².